The Hall–Kier alpha value is -5.54. The first kappa shape index (κ1) is 24.3. The third-order valence-corrected chi connectivity index (χ3v) is 8.01. The standard InChI is InChI=1S/C39H24FNO/c40-33-20-18-26(19-21-33)25-8-10-27(11-9-25)30-16-17-31-22-32(24-41-37(31)23-30)28-12-14-29(15-13-28)34-5-3-6-36-35-4-1-2-7-38(35)42-39(34)36/h1-24H. The molecule has 0 radical (unpaired) electrons. The summed E-state index contributed by atoms with van der Waals surface area (Å²) in [5, 5.41) is 3.36. The Morgan fingerprint density at radius 1 is 0.476 bits per heavy atom. The van der Waals surface area contributed by atoms with Crippen molar-refractivity contribution in [2.75, 3.05) is 0 Å². The van der Waals surface area contributed by atoms with Crippen LogP contribution in [-0.2, 0) is 0 Å². The molecule has 6 aromatic carbocycles. The summed E-state index contributed by atoms with van der Waals surface area (Å²) < 4.78 is 19.5. The van der Waals surface area contributed by atoms with Crippen molar-refractivity contribution in [2.45, 2.75) is 0 Å². The molecule has 0 aliphatic heterocycles. The number of rotatable bonds is 4. The van der Waals surface area contributed by atoms with Crippen LogP contribution in [0.3, 0.4) is 0 Å². The minimum Gasteiger partial charge on any atom is -0.455 e. The third-order valence-electron chi connectivity index (χ3n) is 8.01. The Labute approximate surface area is 242 Å². The average molecular weight is 542 g/mol. The van der Waals surface area contributed by atoms with E-state index in [4.69, 9.17) is 9.40 Å². The van der Waals surface area contributed by atoms with Gasteiger partial charge in [0.1, 0.15) is 17.0 Å². The zero-order valence-electron chi connectivity index (χ0n) is 22.6. The zero-order chi connectivity index (χ0) is 28.0. The molecule has 0 N–H and O–H groups in total. The Kier molecular flexibility index (Phi) is 5.68. The van der Waals surface area contributed by atoms with E-state index >= 15 is 0 Å². The van der Waals surface area contributed by atoms with Crippen molar-refractivity contribution in [1.82, 2.24) is 4.98 Å². The largest absolute Gasteiger partial charge is 0.455 e. The predicted molar refractivity (Wildman–Crippen MR) is 171 cm³/mol. The lowest BCUT2D eigenvalue weighted by Crippen LogP contribution is -1.86. The highest BCUT2D eigenvalue weighted by atomic mass is 19.1. The van der Waals surface area contributed by atoms with E-state index in [0.29, 0.717) is 0 Å². The normalized spacial score (nSPS) is 11.5. The number of halogens is 1. The van der Waals surface area contributed by atoms with Crippen molar-refractivity contribution in [3.63, 3.8) is 0 Å². The van der Waals surface area contributed by atoms with E-state index in [1.165, 1.54) is 12.1 Å². The van der Waals surface area contributed by atoms with Gasteiger partial charge in [-0.25, -0.2) is 4.39 Å². The van der Waals surface area contributed by atoms with Gasteiger partial charge in [0.25, 0.3) is 0 Å². The Morgan fingerprint density at radius 2 is 1.07 bits per heavy atom. The van der Waals surface area contributed by atoms with E-state index in [0.717, 1.165) is 77.3 Å². The van der Waals surface area contributed by atoms with Crippen LogP contribution < -0.4 is 0 Å². The van der Waals surface area contributed by atoms with Crippen LogP contribution in [0.5, 0.6) is 0 Å². The van der Waals surface area contributed by atoms with Crippen molar-refractivity contribution in [2.24, 2.45) is 0 Å². The molecule has 0 spiro atoms. The fourth-order valence-electron chi connectivity index (χ4n) is 5.77. The van der Waals surface area contributed by atoms with E-state index in [1.807, 2.05) is 24.4 Å². The maximum absolute atomic E-state index is 13.3. The molecule has 0 aliphatic rings. The number of benzene rings is 6. The number of nitrogens with zero attached hydrogens (tertiary/aromatic N) is 1. The SMILES string of the molecule is Fc1ccc(-c2ccc(-c3ccc4cc(-c5ccc(-c6cccc7c6oc6ccccc67)cc5)cnc4c3)cc2)cc1. The van der Waals surface area contributed by atoms with Crippen LogP contribution in [-0.4, -0.2) is 4.98 Å². The van der Waals surface area contributed by atoms with E-state index in [-0.39, 0.29) is 5.82 Å². The highest BCUT2D eigenvalue weighted by molar-refractivity contribution is 6.09. The van der Waals surface area contributed by atoms with Crippen LogP contribution in [0.1, 0.15) is 0 Å². The minimum atomic E-state index is -0.226. The molecule has 8 aromatic rings. The fourth-order valence-corrected chi connectivity index (χ4v) is 5.77. The number of hydrogen-bond donors (Lipinski definition) is 0. The van der Waals surface area contributed by atoms with Gasteiger partial charge in [-0.1, -0.05) is 109 Å². The van der Waals surface area contributed by atoms with Crippen LogP contribution >= 0.6 is 0 Å². The number of aromatic nitrogens is 1. The second-order valence-corrected chi connectivity index (χ2v) is 10.6. The number of fused-ring (bicyclic) bond motifs is 4. The lowest BCUT2D eigenvalue weighted by Gasteiger charge is -2.09. The molecule has 0 aliphatic carbocycles. The highest BCUT2D eigenvalue weighted by Gasteiger charge is 2.12. The van der Waals surface area contributed by atoms with Gasteiger partial charge in [0.2, 0.25) is 0 Å². The van der Waals surface area contributed by atoms with Crippen molar-refractivity contribution in [1.29, 1.82) is 0 Å². The van der Waals surface area contributed by atoms with Gasteiger partial charge in [0.05, 0.1) is 5.52 Å². The summed E-state index contributed by atoms with van der Waals surface area (Å²) in [6, 6.07) is 46.6. The van der Waals surface area contributed by atoms with Crippen molar-refractivity contribution >= 4 is 32.8 Å². The summed E-state index contributed by atoms with van der Waals surface area (Å²) in [4.78, 5) is 4.81. The average Bonchev–Trinajstić information content (AvgIpc) is 3.44. The second-order valence-electron chi connectivity index (χ2n) is 10.6. The number of para-hydroxylation sites is 2. The first-order chi connectivity index (χ1) is 20.7. The maximum Gasteiger partial charge on any atom is 0.143 e. The van der Waals surface area contributed by atoms with Crippen molar-refractivity contribution in [3.8, 4) is 44.5 Å². The topological polar surface area (TPSA) is 26.0 Å². The Bertz CT molecular complexity index is 2230. The quantitative estimate of drug-likeness (QED) is 0.221. The van der Waals surface area contributed by atoms with E-state index in [1.54, 1.807) is 12.1 Å². The van der Waals surface area contributed by atoms with Gasteiger partial charge in [0, 0.05) is 33.5 Å². The molecule has 0 bridgehead atoms. The molecule has 3 heteroatoms. The molecular weight excluding hydrogens is 517 g/mol. The number of furan rings is 1. The lowest BCUT2D eigenvalue weighted by molar-refractivity contribution is 0.628. The summed E-state index contributed by atoms with van der Waals surface area (Å²) in [5.74, 6) is -0.226. The van der Waals surface area contributed by atoms with E-state index in [2.05, 4.69) is 97.1 Å². The molecule has 0 atom stereocenters. The lowest BCUT2D eigenvalue weighted by atomic mass is 9.97. The van der Waals surface area contributed by atoms with Crippen molar-refractivity contribution in [3.05, 3.63) is 152 Å². The van der Waals surface area contributed by atoms with Gasteiger partial charge >= 0.3 is 0 Å². The highest BCUT2D eigenvalue weighted by Crippen LogP contribution is 2.36. The summed E-state index contributed by atoms with van der Waals surface area (Å²) >= 11 is 0. The monoisotopic (exact) mass is 541 g/mol. The molecule has 2 nitrogen and oxygen atoms in total. The van der Waals surface area contributed by atoms with Crippen LogP contribution in [0, 0.1) is 5.82 Å². The van der Waals surface area contributed by atoms with Gasteiger partial charge < -0.3 is 4.42 Å². The number of hydrogen-bond acceptors (Lipinski definition) is 2. The molecule has 2 heterocycles. The smallest absolute Gasteiger partial charge is 0.143 e. The van der Waals surface area contributed by atoms with Gasteiger partial charge in [-0.3, -0.25) is 4.98 Å². The zero-order valence-corrected chi connectivity index (χ0v) is 22.6. The molecule has 42 heavy (non-hydrogen) atoms. The van der Waals surface area contributed by atoms with Crippen LogP contribution in [0.4, 0.5) is 4.39 Å². The van der Waals surface area contributed by atoms with Crippen LogP contribution in [0.2, 0.25) is 0 Å². The number of pyridine rings is 1. The van der Waals surface area contributed by atoms with Crippen LogP contribution in [0.15, 0.2) is 150 Å². The Balaban J connectivity index is 1.07. The first-order valence-electron chi connectivity index (χ1n) is 14.0. The van der Waals surface area contributed by atoms with Gasteiger partial charge in [-0.2, -0.15) is 0 Å². The molecule has 0 saturated heterocycles. The third kappa shape index (κ3) is 4.23. The molecular formula is C39H24FNO. The molecule has 198 valence electrons. The fraction of sp³-hybridized carbons (Fsp3) is 0. The summed E-state index contributed by atoms with van der Waals surface area (Å²) in [6.07, 6.45) is 1.94. The summed E-state index contributed by atoms with van der Waals surface area (Å²) in [7, 11) is 0. The maximum atomic E-state index is 13.3. The summed E-state index contributed by atoms with van der Waals surface area (Å²) in [5.41, 5.74) is 11.4. The van der Waals surface area contributed by atoms with Gasteiger partial charge in [0.15, 0.2) is 0 Å². The Morgan fingerprint density at radius 3 is 1.83 bits per heavy atom. The molecule has 0 fully saturated rings. The molecule has 0 saturated carbocycles. The van der Waals surface area contributed by atoms with Gasteiger partial charge in [-0.05, 0) is 63.7 Å². The molecule has 2 aromatic heterocycles. The van der Waals surface area contributed by atoms with Gasteiger partial charge in [-0.15, -0.1) is 0 Å². The van der Waals surface area contributed by atoms with E-state index < -0.39 is 0 Å². The molecule has 8 rings (SSSR count). The molecule has 0 unspecified atom stereocenters. The molecule has 0 amide bonds. The second kappa shape index (κ2) is 9.83. The van der Waals surface area contributed by atoms with Crippen LogP contribution in [0.25, 0.3) is 77.3 Å². The minimum absolute atomic E-state index is 0.226. The van der Waals surface area contributed by atoms with Crippen molar-refractivity contribution < 1.29 is 8.81 Å². The predicted octanol–water partition coefficient (Wildman–Crippen LogP) is 10.9. The first-order valence-corrected chi connectivity index (χ1v) is 14.0. The summed E-state index contributed by atoms with van der Waals surface area (Å²) in [6.45, 7) is 0. The van der Waals surface area contributed by atoms with E-state index in [9.17, 15) is 4.39 Å².